The summed E-state index contributed by atoms with van der Waals surface area (Å²) in [5.41, 5.74) is 1.49. The van der Waals surface area contributed by atoms with E-state index in [1.165, 1.54) is 15.9 Å². The summed E-state index contributed by atoms with van der Waals surface area (Å²) in [6, 6.07) is 46.9. The van der Waals surface area contributed by atoms with Crippen molar-refractivity contribution in [2.75, 3.05) is 0 Å². The van der Waals surface area contributed by atoms with Crippen LogP contribution in [0.15, 0.2) is 144 Å². The van der Waals surface area contributed by atoms with Gasteiger partial charge < -0.3 is 0 Å². The molecule has 0 saturated heterocycles. The van der Waals surface area contributed by atoms with Gasteiger partial charge in [-0.05, 0) is 72.8 Å². The summed E-state index contributed by atoms with van der Waals surface area (Å²) in [6.07, 6.45) is 0.472. The average molecular weight is 632 g/mol. The van der Waals surface area contributed by atoms with Gasteiger partial charge in [-0.15, -0.1) is 0 Å². The normalized spacial score (nSPS) is 11.6. The fourth-order valence-electron chi connectivity index (χ4n) is 5.07. The maximum Gasteiger partial charge on any atom is 0.264 e. The third kappa shape index (κ3) is 7.02. The SMILES string of the molecule is O=c1c2ccccc2nc(-c2ccc(Cl)cc2)n1C[P+](c1ccccc1)(c1ccccc1)c1ccccc1.[O-][Cl+3]([O-])([O-])O. The number of para-hydroxylation sites is 1. The van der Waals surface area contributed by atoms with E-state index in [-0.39, 0.29) is 5.56 Å². The lowest BCUT2D eigenvalue weighted by Crippen LogP contribution is -2.58. The number of hydrogen-bond acceptors (Lipinski definition) is 6. The molecular weight excluding hydrogens is 606 g/mol. The average Bonchev–Trinajstić information content (AvgIpc) is 3.02. The Hall–Kier alpha value is -3.91. The molecule has 43 heavy (non-hydrogen) atoms. The molecule has 6 aromatic rings. The molecule has 0 bridgehead atoms. The molecule has 7 nitrogen and oxygen atoms in total. The van der Waals surface area contributed by atoms with Crippen molar-refractivity contribution < 1.29 is 28.9 Å². The Kier molecular flexibility index (Phi) is 9.35. The van der Waals surface area contributed by atoms with Gasteiger partial charge in [0.25, 0.3) is 5.56 Å². The summed E-state index contributed by atoms with van der Waals surface area (Å²) >= 11 is 6.23. The fourth-order valence-corrected chi connectivity index (χ4v) is 9.31. The molecule has 0 fully saturated rings. The molecule has 0 atom stereocenters. The number of halogens is 2. The van der Waals surface area contributed by atoms with Gasteiger partial charge in [-0.1, -0.05) is 78.3 Å². The highest BCUT2D eigenvalue weighted by Gasteiger charge is 2.46. The van der Waals surface area contributed by atoms with Crippen molar-refractivity contribution in [1.29, 1.82) is 0 Å². The second-order valence-corrected chi connectivity index (χ2v) is 14.2. The highest BCUT2D eigenvalue weighted by Crippen LogP contribution is 2.57. The van der Waals surface area contributed by atoms with E-state index >= 15 is 0 Å². The van der Waals surface area contributed by atoms with Crippen molar-refractivity contribution in [1.82, 2.24) is 9.55 Å². The Bertz CT molecular complexity index is 1760. The van der Waals surface area contributed by atoms with Crippen LogP contribution < -0.4 is 35.4 Å². The Morgan fingerprint density at radius 3 is 1.56 bits per heavy atom. The minimum Gasteiger partial charge on any atom is -0.268 e. The molecule has 0 unspecified atom stereocenters. The predicted octanol–water partition coefficient (Wildman–Crippen LogP) is 2.54. The molecule has 0 saturated carbocycles. The summed E-state index contributed by atoms with van der Waals surface area (Å²) in [6.45, 7) is 0. The van der Waals surface area contributed by atoms with Gasteiger partial charge in [0, 0.05) is 10.6 Å². The zero-order valence-corrected chi connectivity index (χ0v) is 25.1. The monoisotopic (exact) mass is 631 g/mol. The molecule has 6 rings (SSSR count). The smallest absolute Gasteiger partial charge is 0.264 e. The second-order valence-electron chi connectivity index (χ2n) is 9.55. The Labute approximate surface area is 256 Å². The van der Waals surface area contributed by atoms with Crippen LogP contribution in [0, 0.1) is 10.2 Å². The standard InChI is InChI=1S/C33H25ClN2OP.ClHO4/c34-26-22-20-25(21-23-26)32-35-31-19-11-10-18-30(31)33(37)36(32)24-38(27-12-4-1-5-13-27,28-14-6-2-7-15-28)29-16-8-3-9-17-29;2-1(3,4)5/h1-23H,24H2;(H,2,3,4,5)/q+1;. The van der Waals surface area contributed by atoms with Crippen LogP contribution in [0.1, 0.15) is 0 Å². The lowest BCUT2D eigenvalue weighted by Gasteiger charge is -2.29. The van der Waals surface area contributed by atoms with Crippen molar-refractivity contribution in [3.05, 3.63) is 155 Å². The topological polar surface area (TPSA) is 124 Å². The van der Waals surface area contributed by atoms with E-state index in [1.54, 1.807) is 0 Å². The van der Waals surface area contributed by atoms with Crippen molar-refractivity contribution in [3.63, 3.8) is 0 Å². The Balaban J connectivity index is 0.000000682. The molecule has 0 aliphatic heterocycles. The van der Waals surface area contributed by atoms with Crippen LogP contribution in [0.4, 0.5) is 0 Å². The van der Waals surface area contributed by atoms with E-state index in [0.717, 1.165) is 5.56 Å². The van der Waals surface area contributed by atoms with Gasteiger partial charge in [0.05, 0.1) is 25.8 Å². The highest BCUT2D eigenvalue weighted by atomic mass is 35.7. The van der Waals surface area contributed by atoms with Gasteiger partial charge in [-0.2, -0.15) is 14.0 Å². The van der Waals surface area contributed by atoms with Crippen LogP contribution >= 0.6 is 18.9 Å². The van der Waals surface area contributed by atoms with E-state index in [1.807, 2.05) is 71.3 Å². The maximum atomic E-state index is 14.3. The van der Waals surface area contributed by atoms with E-state index in [9.17, 15) is 4.79 Å². The number of nitrogens with zero attached hydrogens (tertiary/aromatic N) is 2. The largest absolute Gasteiger partial charge is 0.268 e. The summed E-state index contributed by atoms with van der Waals surface area (Å²) in [4.78, 5) is 19.3. The minimum absolute atomic E-state index is 0.0484. The van der Waals surface area contributed by atoms with Crippen molar-refractivity contribution in [2.45, 2.75) is 6.29 Å². The molecule has 0 aliphatic carbocycles. The van der Waals surface area contributed by atoms with Crippen LogP contribution in [0.25, 0.3) is 22.3 Å². The zero-order valence-electron chi connectivity index (χ0n) is 22.7. The van der Waals surface area contributed by atoms with Crippen molar-refractivity contribution in [2.24, 2.45) is 0 Å². The Morgan fingerprint density at radius 1 is 0.674 bits per heavy atom. The first-order valence-electron chi connectivity index (χ1n) is 13.1. The molecule has 1 N–H and O–H groups in total. The molecular formula is C33H26Cl2N2O5P+. The second kappa shape index (κ2) is 13.2. The predicted molar refractivity (Wildman–Crippen MR) is 164 cm³/mol. The number of fused-ring (bicyclic) bond motifs is 1. The number of aromatic nitrogens is 2. The fraction of sp³-hybridized carbons (Fsp3) is 0.0303. The molecule has 0 amide bonds. The number of rotatable bonds is 6. The molecule has 5 aromatic carbocycles. The molecule has 10 heteroatoms. The van der Waals surface area contributed by atoms with Crippen molar-refractivity contribution in [3.8, 4) is 11.4 Å². The summed E-state index contributed by atoms with van der Waals surface area (Å²) < 4.78 is 34.6. The minimum atomic E-state index is -4.69. The first-order valence-corrected chi connectivity index (χ1v) is 16.7. The molecule has 0 aliphatic rings. The molecule has 1 aromatic heterocycles. The van der Waals surface area contributed by atoms with Gasteiger partial charge in [-0.25, -0.2) is 4.98 Å². The van der Waals surface area contributed by atoms with E-state index in [0.29, 0.717) is 28.0 Å². The van der Waals surface area contributed by atoms with E-state index < -0.39 is 17.5 Å². The maximum absolute atomic E-state index is 14.3. The number of benzene rings is 5. The van der Waals surface area contributed by atoms with E-state index in [2.05, 4.69) is 72.8 Å². The van der Waals surface area contributed by atoms with Gasteiger partial charge >= 0.3 is 0 Å². The van der Waals surface area contributed by atoms with E-state index in [4.69, 9.17) is 35.2 Å². The zero-order chi connectivity index (χ0) is 30.5. The van der Waals surface area contributed by atoms with Crippen LogP contribution in [0.2, 0.25) is 5.02 Å². The Morgan fingerprint density at radius 2 is 1.09 bits per heavy atom. The van der Waals surface area contributed by atoms with Gasteiger partial charge in [0.1, 0.15) is 29.0 Å². The third-order valence-corrected chi connectivity index (χ3v) is 11.4. The van der Waals surface area contributed by atoms with Crippen LogP contribution in [0.3, 0.4) is 0 Å². The number of hydrogen-bond donors (Lipinski definition) is 1. The van der Waals surface area contributed by atoms with Gasteiger partial charge in [-0.3, -0.25) is 9.36 Å². The van der Waals surface area contributed by atoms with Crippen molar-refractivity contribution >= 4 is 45.7 Å². The summed E-state index contributed by atoms with van der Waals surface area (Å²) in [7, 11) is -7.03. The van der Waals surface area contributed by atoms with Crippen LogP contribution in [-0.4, -0.2) is 14.2 Å². The first-order chi connectivity index (χ1) is 20.7. The molecule has 1 heterocycles. The first kappa shape index (κ1) is 30.5. The van der Waals surface area contributed by atoms with Gasteiger partial charge in [0.15, 0.2) is 6.29 Å². The highest BCUT2D eigenvalue weighted by molar-refractivity contribution is 7.94. The lowest BCUT2D eigenvalue weighted by molar-refractivity contribution is -1.92. The summed E-state index contributed by atoms with van der Waals surface area (Å²) in [5.74, 6) is 0.637. The summed E-state index contributed by atoms with van der Waals surface area (Å²) in [5, 5.41) is 4.87. The molecule has 0 spiro atoms. The molecule has 216 valence electrons. The third-order valence-electron chi connectivity index (χ3n) is 6.91. The molecule has 0 radical (unpaired) electrons. The van der Waals surface area contributed by atoms with Gasteiger partial charge in [0.2, 0.25) is 0 Å². The van der Waals surface area contributed by atoms with Crippen LogP contribution in [-0.2, 0) is 6.29 Å². The lowest BCUT2D eigenvalue weighted by atomic mass is 10.2. The quantitative estimate of drug-likeness (QED) is 0.282. The van der Waals surface area contributed by atoms with Crippen LogP contribution in [0.5, 0.6) is 0 Å².